The molecule has 0 saturated carbocycles. The Labute approximate surface area is 85.9 Å². The summed E-state index contributed by atoms with van der Waals surface area (Å²) in [5.41, 5.74) is 0. The second-order valence-electron chi connectivity index (χ2n) is 2.58. The summed E-state index contributed by atoms with van der Waals surface area (Å²) in [7, 11) is 1.73. The van der Waals surface area contributed by atoms with Crippen molar-refractivity contribution < 1.29 is 4.79 Å². The van der Waals surface area contributed by atoms with Crippen LogP contribution < -0.4 is 4.90 Å². The Balaban J connectivity index is 2.68. The number of amides is 1. The number of hydrogen-bond donors (Lipinski definition) is 0. The predicted molar refractivity (Wildman–Crippen MR) is 56.1 cm³/mol. The van der Waals surface area contributed by atoms with Crippen LogP contribution in [0.25, 0.3) is 0 Å². The maximum Gasteiger partial charge on any atom is 0.228 e. The zero-order valence-corrected chi connectivity index (χ0v) is 8.99. The van der Waals surface area contributed by atoms with Crippen LogP contribution in [0.3, 0.4) is 0 Å². The van der Waals surface area contributed by atoms with Crippen LogP contribution in [0.4, 0.5) is 5.82 Å². The second-order valence-corrected chi connectivity index (χ2v) is 3.37. The van der Waals surface area contributed by atoms with E-state index in [1.807, 2.05) is 18.2 Å². The molecule has 0 bridgehead atoms. The molecule has 70 valence electrons. The lowest BCUT2D eigenvalue weighted by Gasteiger charge is -2.14. The summed E-state index contributed by atoms with van der Waals surface area (Å²) in [4.78, 5) is 17.0. The van der Waals surface area contributed by atoms with Crippen LogP contribution in [0.5, 0.6) is 0 Å². The van der Waals surface area contributed by atoms with Gasteiger partial charge in [0.1, 0.15) is 5.82 Å². The fourth-order valence-corrected chi connectivity index (χ4v) is 1.27. The standard InChI is InChI=1S/C9H11BrN2O/c1-12(9(13)5-6-10)8-4-2-3-7-11-8/h2-4,7H,5-6H2,1H3. The molecule has 1 amide bonds. The van der Waals surface area contributed by atoms with Gasteiger partial charge in [-0.2, -0.15) is 0 Å². The number of pyridine rings is 1. The summed E-state index contributed by atoms with van der Waals surface area (Å²) < 4.78 is 0. The number of carbonyl (C=O) groups is 1. The summed E-state index contributed by atoms with van der Waals surface area (Å²) in [5.74, 6) is 0.754. The molecule has 3 nitrogen and oxygen atoms in total. The van der Waals surface area contributed by atoms with Crippen molar-refractivity contribution in [2.45, 2.75) is 6.42 Å². The van der Waals surface area contributed by atoms with Crippen molar-refractivity contribution in [1.29, 1.82) is 0 Å². The van der Waals surface area contributed by atoms with Crippen LogP contribution in [0.2, 0.25) is 0 Å². The Morgan fingerprint density at radius 3 is 2.92 bits per heavy atom. The molecule has 0 saturated heterocycles. The molecule has 1 aromatic heterocycles. The van der Waals surface area contributed by atoms with Crippen LogP contribution in [-0.2, 0) is 4.79 Å². The van der Waals surface area contributed by atoms with Crippen LogP contribution in [0.15, 0.2) is 24.4 Å². The molecule has 1 rings (SSSR count). The molecule has 0 N–H and O–H groups in total. The summed E-state index contributed by atoms with van der Waals surface area (Å²) in [6, 6.07) is 5.50. The average Bonchev–Trinajstić information content (AvgIpc) is 2.18. The van der Waals surface area contributed by atoms with Gasteiger partial charge in [-0.25, -0.2) is 4.98 Å². The minimum atomic E-state index is 0.0653. The van der Waals surface area contributed by atoms with Crippen molar-refractivity contribution >= 4 is 27.7 Å². The van der Waals surface area contributed by atoms with Gasteiger partial charge in [0.25, 0.3) is 0 Å². The lowest BCUT2D eigenvalue weighted by atomic mass is 10.4. The van der Waals surface area contributed by atoms with Crippen LogP contribution in [0.1, 0.15) is 6.42 Å². The highest BCUT2D eigenvalue weighted by Gasteiger charge is 2.09. The third kappa shape index (κ3) is 2.81. The zero-order chi connectivity index (χ0) is 9.68. The smallest absolute Gasteiger partial charge is 0.228 e. The Morgan fingerprint density at radius 1 is 1.62 bits per heavy atom. The fraction of sp³-hybridized carbons (Fsp3) is 0.333. The van der Waals surface area contributed by atoms with Crippen molar-refractivity contribution in [1.82, 2.24) is 4.98 Å². The van der Waals surface area contributed by atoms with Gasteiger partial charge in [0, 0.05) is 25.0 Å². The van der Waals surface area contributed by atoms with Crippen molar-refractivity contribution in [3.8, 4) is 0 Å². The molecule has 0 spiro atoms. The summed E-state index contributed by atoms with van der Waals surface area (Å²) >= 11 is 3.22. The van der Waals surface area contributed by atoms with Crippen molar-refractivity contribution in [2.24, 2.45) is 0 Å². The zero-order valence-electron chi connectivity index (χ0n) is 7.40. The first kappa shape index (κ1) is 10.2. The largest absolute Gasteiger partial charge is 0.300 e. The number of hydrogen-bond acceptors (Lipinski definition) is 2. The number of alkyl halides is 1. The third-order valence-electron chi connectivity index (χ3n) is 1.68. The summed E-state index contributed by atoms with van der Waals surface area (Å²) in [5, 5.41) is 0.684. The average molecular weight is 243 g/mol. The van der Waals surface area contributed by atoms with E-state index >= 15 is 0 Å². The van der Waals surface area contributed by atoms with Crippen molar-refractivity contribution in [3.63, 3.8) is 0 Å². The maximum atomic E-state index is 11.4. The molecule has 0 aromatic carbocycles. The van der Waals surface area contributed by atoms with Gasteiger partial charge in [-0.1, -0.05) is 22.0 Å². The minimum Gasteiger partial charge on any atom is -0.300 e. The lowest BCUT2D eigenvalue weighted by molar-refractivity contribution is -0.117. The van der Waals surface area contributed by atoms with E-state index in [0.717, 1.165) is 0 Å². The molecule has 0 atom stereocenters. The normalized spacial score (nSPS) is 9.69. The van der Waals surface area contributed by atoms with Gasteiger partial charge < -0.3 is 0 Å². The Morgan fingerprint density at radius 2 is 2.38 bits per heavy atom. The number of anilines is 1. The van der Waals surface area contributed by atoms with Gasteiger partial charge in [0.2, 0.25) is 5.91 Å². The Bertz CT molecular complexity index is 276. The highest BCUT2D eigenvalue weighted by atomic mass is 79.9. The Hall–Kier alpha value is -0.900. The maximum absolute atomic E-state index is 11.4. The van der Waals surface area contributed by atoms with Crippen LogP contribution >= 0.6 is 15.9 Å². The van der Waals surface area contributed by atoms with Gasteiger partial charge >= 0.3 is 0 Å². The van der Waals surface area contributed by atoms with E-state index in [4.69, 9.17) is 0 Å². The van der Waals surface area contributed by atoms with E-state index in [9.17, 15) is 4.79 Å². The summed E-state index contributed by atoms with van der Waals surface area (Å²) in [6.07, 6.45) is 2.17. The fourth-order valence-electron chi connectivity index (χ4n) is 0.928. The first-order chi connectivity index (χ1) is 6.25. The number of rotatable bonds is 3. The third-order valence-corrected chi connectivity index (χ3v) is 2.07. The van der Waals surface area contributed by atoms with Gasteiger partial charge in [-0.15, -0.1) is 0 Å². The topological polar surface area (TPSA) is 33.2 Å². The van der Waals surface area contributed by atoms with Gasteiger partial charge in [-0.3, -0.25) is 9.69 Å². The molecule has 0 fully saturated rings. The second kappa shape index (κ2) is 4.97. The van der Waals surface area contributed by atoms with E-state index in [2.05, 4.69) is 20.9 Å². The molecule has 0 aliphatic heterocycles. The van der Waals surface area contributed by atoms with E-state index < -0.39 is 0 Å². The van der Waals surface area contributed by atoms with Gasteiger partial charge in [0.05, 0.1) is 0 Å². The number of carbonyl (C=O) groups excluding carboxylic acids is 1. The molecule has 13 heavy (non-hydrogen) atoms. The molecule has 1 heterocycles. The molecule has 0 aliphatic rings. The van der Waals surface area contributed by atoms with E-state index in [1.165, 1.54) is 0 Å². The van der Waals surface area contributed by atoms with Gasteiger partial charge in [0.15, 0.2) is 0 Å². The summed E-state index contributed by atoms with van der Waals surface area (Å²) in [6.45, 7) is 0. The molecular formula is C9H11BrN2O. The number of nitrogens with zero attached hydrogens (tertiary/aromatic N) is 2. The highest BCUT2D eigenvalue weighted by molar-refractivity contribution is 9.09. The van der Waals surface area contributed by atoms with E-state index in [0.29, 0.717) is 17.6 Å². The quantitative estimate of drug-likeness (QED) is 0.759. The van der Waals surface area contributed by atoms with E-state index in [1.54, 1.807) is 18.1 Å². The molecule has 0 radical (unpaired) electrons. The Kier molecular flexibility index (Phi) is 3.89. The molecule has 0 unspecified atom stereocenters. The molecule has 0 aliphatic carbocycles. The SMILES string of the molecule is CN(C(=O)CCBr)c1ccccn1. The van der Waals surface area contributed by atoms with Crippen molar-refractivity contribution in [2.75, 3.05) is 17.3 Å². The molecule has 4 heteroatoms. The monoisotopic (exact) mass is 242 g/mol. The first-order valence-electron chi connectivity index (χ1n) is 3.99. The highest BCUT2D eigenvalue weighted by Crippen LogP contribution is 2.08. The minimum absolute atomic E-state index is 0.0653. The van der Waals surface area contributed by atoms with Gasteiger partial charge in [-0.05, 0) is 12.1 Å². The molecular weight excluding hydrogens is 232 g/mol. The molecule has 1 aromatic rings. The number of aromatic nitrogens is 1. The first-order valence-corrected chi connectivity index (χ1v) is 5.11. The lowest BCUT2D eigenvalue weighted by Crippen LogP contribution is -2.26. The van der Waals surface area contributed by atoms with Crippen LogP contribution in [-0.4, -0.2) is 23.3 Å². The van der Waals surface area contributed by atoms with Crippen LogP contribution in [0, 0.1) is 0 Å². The van der Waals surface area contributed by atoms with Crippen molar-refractivity contribution in [3.05, 3.63) is 24.4 Å². The van der Waals surface area contributed by atoms with E-state index in [-0.39, 0.29) is 5.91 Å². The number of halogens is 1. The predicted octanol–water partition coefficient (Wildman–Crippen LogP) is 1.83.